The van der Waals surface area contributed by atoms with Gasteiger partial charge in [-0.2, -0.15) is 0 Å². The van der Waals surface area contributed by atoms with Gasteiger partial charge in [-0.05, 0) is 47.7 Å². The van der Waals surface area contributed by atoms with Gasteiger partial charge in [0, 0.05) is 0 Å². The highest BCUT2D eigenvalue weighted by molar-refractivity contribution is 6.20. The third-order valence-corrected chi connectivity index (χ3v) is 3.84. The number of carbonyl (C=O) groups is 1. The topological polar surface area (TPSA) is 46.5 Å². The molecule has 0 saturated carbocycles. The summed E-state index contributed by atoms with van der Waals surface area (Å²) in [6, 6.07) is 15.2. The summed E-state index contributed by atoms with van der Waals surface area (Å²) < 4.78 is 5.69. The largest absolute Gasteiger partial charge is 0.494 e. The standard InChI is InChI=1S/C21H24O3/c1-3-5-13-24-19-8-6-7-17(14-19)15-20(21(22)23)18-11-9-16(4-2)10-12-18/h6-12,14-15H,3-5,13H2,1-2H3,(H,22,23)/b20-15-. The minimum absolute atomic E-state index is 0.281. The molecule has 0 bridgehead atoms. The smallest absolute Gasteiger partial charge is 0.336 e. The zero-order chi connectivity index (χ0) is 17.4. The molecule has 0 amide bonds. The average Bonchev–Trinajstić information content (AvgIpc) is 2.60. The number of unbranched alkanes of at least 4 members (excludes halogenated alkanes) is 1. The van der Waals surface area contributed by atoms with Gasteiger partial charge in [0.05, 0.1) is 12.2 Å². The maximum atomic E-state index is 11.7. The van der Waals surface area contributed by atoms with Crippen molar-refractivity contribution in [2.75, 3.05) is 6.61 Å². The molecular weight excluding hydrogens is 300 g/mol. The van der Waals surface area contributed by atoms with E-state index in [2.05, 4.69) is 13.8 Å². The Morgan fingerprint density at radius 1 is 1.12 bits per heavy atom. The van der Waals surface area contributed by atoms with Crippen LogP contribution in [0, 0.1) is 0 Å². The summed E-state index contributed by atoms with van der Waals surface area (Å²) in [5.41, 5.74) is 3.00. The number of ether oxygens (including phenoxy) is 1. The fourth-order valence-corrected chi connectivity index (χ4v) is 2.38. The van der Waals surface area contributed by atoms with E-state index in [0.29, 0.717) is 12.2 Å². The van der Waals surface area contributed by atoms with E-state index in [-0.39, 0.29) is 5.57 Å². The zero-order valence-corrected chi connectivity index (χ0v) is 14.3. The Bertz CT molecular complexity index is 699. The van der Waals surface area contributed by atoms with Crippen LogP contribution in [0.15, 0.2) is 48.5 Å². The lowest BCUT2D eigenvalue weighted by atomic mass is 10.0. The Morgan fingerprint density at radius 2 is 1.88 bits per heavy atom. The molecular formula is C21H24O3. The highest BCUT2D eigenvalue weighted by Crippen LogP contribution is 2.22. The van der Waals surface area contributed by atoms with Gasteiger partial charge in [0.1, 0.15) is 5.75 Å². The number of rotatable bonds is 8. The number of carboxylic acid groups (broad SMARTS) is 1. The molecule has 0 atom stereocenters. The minimum atomic E-state index is -0.934. The van der Waals surface area contributed by atoms with Crippen LogP contribution in [0.2, 0.25) is 0 Å². The van der Waals surface area contributed by atoms with Gasteiger partial charge in [-0.3, -0.25) is 0 Å². The SMILES string of the molecule is CCCCOc1cccc(/C=C(\C(=O)O)c2ccc(CC)cc2)c1. The second-order valence-electron chi connectivity index (χ2n) is 5.69. The molecule has 3 nitrogen and oxygen atoms in total. The monoisotopic (exact) mass is 324 g/mol. The van der Waals surface area contributed by atoms with E-state index in [1.54, 1.807) is 6.08 Å². The Kier molecular flexibility index (Phi) is 6.62. The van der Waals surface area contributed by atoms with Crippen molar-refractivity contribution in [2.45, 2.75) is 33.1 Å². The van der Waals surface area contributed by atoms with Crippen molar-refractivity contribution in [1.82, 2.24) is 0 Å². The predicted octanol–water partition coefficient (Wildman–Crippen LogP) is 5.05. The van der Waals surface area contributed by atoms with E-state index in [0.717, 1.165) is 30.6 Å². The summed E-state index contributed by atoms with van der Waals surface area (Å²) in [5.74, 6) is -0.167. The van der Waals surface area contributed by atoms with Crippen LogP contribution in [0.1, 0.15) is 43.4 Å². The number of carboxylic acids is 1. The number of benzene rings is 2. The van der Waals surface area contributed by atoms with Crippen LogP contribution >= 0.6 is 0 Å². The van der Waals surface area contributed by atoms with Crippen molar-refractivity contribution < 1.29 is 14.6 Å². The molecule has 0 heterocycles. The number of aryl methyl sites for hydroxylation is 1. The van der Waals surface area contributed by atoms with Gasteiger partial charge in [0.2, 0.25) is 0 Å². The van der Waals surface area contributed by atoms with Crippen LogP contribution in [0.5, 0.6) is 5.75 Å². The summed E-state index contributed by atoms with van der Waals surface area (Å²) in [4.78, 5) is 11.7. The molecule has 24 heavy (non-hydrogen) atoms. The van der Waals surface area contributed by atoms with Gasteiger partial charge in [0.15, 0.2) is 0 Å². The lowest BCUT2D eigenvalue weighted by Gasteiger charge is -2.07. The third-order valence-electron chi connectivity index (χ3n) is 3.84. The van der Waals surface area contributed by atoms with Crippen LogP contribution in [-0.4, -0.2) is 17.7 Å². The van der Waals surface area contributed by atoms with Crippen molar-refractivity contribution in [3.63, 3.8) is 0 Å². The van der Waals surface area contributed by atoms with Crippen LogP contribution in [0.4, 0.5) is 0 Å². The van der Waals surface area contributed by atoms with Gasteiger partial charge in [-0.25, -0.2) is 4.79 Å². The Morgan fingerprint density at radius 3 is 2.50 bits per heavy atom. The fourth-order valence-electron chi connectivity index (χ4n) is 2.38. The number of hydrogen-bond acceptors (Lipinski definition) is 2. The van der Waals surface area contributed by atoms with Crippen LogP contribution in [-0.2, 0) is 11.2 Å². The molecule has 2 rings (SSSR count). The average molecular weight is 324 g/mol. The number of aliphatic carboxylic acids is 1. The summed E-state index contributed by atoms with van der Waals surface area (Å²) in [7, 11) is 0. The second kappa shape index (κ2) is 8.92. The molecule has 0 radical (unpaired) electrons. The van der Waals surface area contributed by atoms with Crippen LogP contribution < -0.4 is 4.74 Å². The zero-order valence-electron chi connectivity index (χ0n) is 14.3. The molecule has 0 fully saturated rings. The molecule has 2 aromatic carbocycles. The van der Waals surface area contributed by atoms with E-state index in [1.165, 1.54) is 5.56 Å². The normalized spacial score (nSPS) is 11.3. The van der Waals surface area contributed by atoms with Crippen molar-refractivity contribution >= 4 is 17.6 Å². The van der Waals surface area contributed by atoms with E-state index < -0.39 is 5.97 Å². The summed E-state index contributed by atoms with van der Waals surface area (Å²) >= 11 is 0. The minimum Gasteiger partial charge on any atom is -0.494 e. The fraction of sp³-hybridized carbons (Fsp3) is 0.286. The van der Waals surface area contributed by atoms with E-state index in [9.17, 15) is 9.90 Å². The van der Waals surface area contributed by atoms with E-state index in [4.69, 9.17) is 4.74 Å². The van der Waals surface area contributed by atoms with Gasteiger partial charge in [-0.1, -0.05) is 56.7 Å². The third kappa shape index (κ3) is 4.98. The molecule has 1 N–H and O–H groups in total. The first-order chi connectivity index (χ1) is 11.6. The number of hydrogen-bond donors (Lipinski definition) is 1. The second-order valence-corrected chi connectivity index (χ2v) is 5.69. The summed E-state index contributed by atoms with van der Waals surface area (Å²) in [6.07, 6.45) is 4.71. The van der Waals surface area contributed by atoms with Crippen molar-refractivity contribution in [1.29, 1.82) is 0 Å². The molecule has 0 spiro atoms. The highest BCUT2D eigenvalue weighted by Gasteiger charge is 2.10. The van der Waals surface area contributed by atoms with Crippen molar-refractivity contribution in [2.24, 2.45) is 0 Å². The maximum absolute atomic E-state index is 11.7. The summed E-state index contributed by atoms with van der Waals surface area (Å²) in [6.45, 7) is 4.87. The summed E-state index contributed by atoms with van der Waals surface area (Å²) in [5, 5.41) is 9.56. The molecule has 0 saturated heterocycles. The van der Waals surface area contributed by atoms with Crippen molar-refractivity contribution in [3.05, 3.63) is 65.2 Å². The van der Waals surface area contributed by atoms with Gasteiger partial charge in [0.25, 0.3) is 0 Å². The Labute approximate surface area is 143 Å². The molecule has 2 aromatic rings. The first-order valence-electron chi connectivity index (χ1n) is 8.41. The molecule has 0 aliphatic carbocycles. The van der Waals surface area contributed by atoms with Gasteiger partial charge in [-0.15, -0.1) is 0 Å². The van der Waals surface area contributed by atoms with Gasteiger partial charge < -0.3 is 9.84 Å². The van der Waals surface area contributed by atoms with Crippen LogP contribution in [0.3, 0.4) is 0 Å². The Balaban J connectivity index is 2.26. The van der Waals surface area contributed by atoms with Crippen molar-refractivity contribution in [3.8, 4) is 5.75 Å². The first kappa shape index (κ1) is 17.8. The molecule has 0 unspecified atom stereocenters. The molecule has 0 aromatic heterocycles. The molecule has 0 aliphatic rings. The van der Waals surface area contributed by atoms with E-state index in [1.807, 2.05) is 48.5 Å². The first-order valence-corrected chi connectivity index (χ1v) is 8.41. The highest BCUT2D eigenvalue weighted by atomic mass is 16.5. The van der Waals surface area contributed by atoms with Gasteiger partial charge >= 0.3 is 5.97 Å². The molecule has 126 valence electrons. The Hall–Kier alpha value is -2.55. The van der Waals surface area contributed by atoms with E-state index >= 15 is 0 Å². The maximum Gasteiger partial charge on any atom is 0.336 e. The predicted molar refractivity (Wildman–Crippen MR) is 98.2 cm³/mol. The quantitative estimate of drug-likeness (QED) is 0.420. The molecule has 0 aliphatic heterocycles. The molecule has 3 heteroatoms. The lowest BCUT2D eigenvalue weighted by Crippen LogP contribution is -2.00. The lowest BCUT2D eigenvalue weighted by molar-refractivity contribution is -0.130. The van der Waals surface area contributed by atoms with Crippen LogP contribution in [0.25, 0.3) is 11.6 Å².